The molecule has 1 unspecified atom stereocenters. The SMILES string of the molecule is COC(=O)C(C)CN(C)C(=O)C(=O)NCC(N)=S. The van der Waals surface area contributed by atoms with Gasteiger partial charge < -0.3 is 20.7 Å². The topological polar surface area (TPSA) is 102 Å². The van der Waals surface area contributed by atoms with E-state index >= 15 is 0 Å². The van der Waals surface area contributed by atoms with Crippen LogP contribution in [-0.4, -0.2) is 54.9 Å². The molecule has 3 N–H and O–H groups in total. The maximum atomic E-state index is 11.6. The highest BCUT2D eigenvalue weighted by Crippen LogP contribution is 2.00. The number of carbonyl (C=O) groups is 3. The second-order valence-corrected chi connectivity index (χ2v) is 4.28. The summed E-state index contributed by atoms with van der Waals surface area (Å²) in [7, 11) is 2.68. The minimum atomic E-state index is -0.817. The quantitative estimate of drug-likeness (QED) is 0.366. The third-order valence-corrected chi connectivity index (χ3v) is 2.26. The fourth-order valence-electron chi connectivity index (χ4n) is 1.19. The Morgan fingerprint density at radius 3 is 2.44 bits per heavy atom. The zero-order chi connectivity index (χ0) is 14.3. The van der Waals surface area contributed by atoms with Crippen molar-refractivity contribution in [3.8, 4) is 0 Å². The molecule has 0 aromatic heterocycles. The lowest BCUT2D eigenvalue weighted by Crippen LogP contribution is -2.45. The Labute approximate surface area is 111 Å². The highest BCUT2D eigenvalue weighted by molar-refractivity contribution is 7.80. The summed E-state index contributed by atoms with van der Waals surface area (Å²) in [5, 5.41) is 2.27. The molecule has 0 radical (unpaired) electrons. The molecular formula is C10H17N3O4S. The lowest BCUT2D eigenvalue weighted by molar-refractivity contribution is -0.149. The minimum Gasteiger partial charge on any atom is -0.469 e. The van der Waals surface area contributed by atoms with Crippen LogP contribution in [0.5, 0.6) is 0 Å². The summed E-state index contributed by atoms with van der Waals surface area (Å²) in [6, 6.07) is 0. The molecule has 8 heteroatoms. The van der Waals surface area contributed by atoms with Crippen LogP contribution >= 0.6 is 12.2 Å². The van der Waals surface area contributed by atoms with Gasteiger partial charge in [0.2, 0.25) is 0 Å². The highest BCUT2D eigenvalue weighted by atomic mass is 32.1. The largest absolute Gasteiger partial charge is 0.469 e. The van der Waals surface area contributed by atoms with E-state index in [1.807, 2.05) is 0 Å². The Morgan fingerprint density at radius 1 is 1.44 bits per heavy atom. The van der Waals surface area contributed by atoms with E-state index in [9.17, 15) is 14.4 Å². The molecule has 0 saturated heterocycles. The number of ether oxygens (including phenoxy) is 1. The molecule has 0 aliphatic heterocycles. The van der Waals surface area contributed by atoms with Gasteiger partial charge in [0.05, 0.1) is 24.6 Å². The molecule has 0 rings (SSSR count). The van der Waals surface area contributed by atoms with Crippen LogP contribution in [0.3, 0.4) is 0 Å². The van der Waals surface area contributed by atoms with Gasteiger partial charge in [-0.2, -0.15) is 0 Å². The summed E-state index contributed by atoms with van der Waals surface area (Å²) in [6.45, 7) is 1.65. The van der Waals surface area contributed by atoms with Gasteiger partial charge in [-0.15, -0.1) is 0 Å². The number of hydrogen-bond donors (Lipinski definition) is 2. The first-order valence-electron chi connectivity index (χ1n) is 5.19. The van der Waals surface area contributed by atoms with Gasteiger partial charge in [-0.1, -0.05) is 19.1 Å². The summed E-state index contributed by atoms with van der Waals surface area (Å²) in [5.74, 6) is -2.53. The summed E-state index contributed by atoms with van der Waals surface area (Å²) >= 11 is 4.56. The summed E-state index contributed by atoms with van der Waals surface area (Å²) < 4.78 is 4.52. The molecule has 0 aliphatic rings. The first-order valence-corrected chi connectivity index (χ1v) is 5.59. The molecule has 102 valence electrons. The summed E-state index contributed by atoms with van der Waals surface area (Å²) in [6.07, 6.45) is 0. The predicted molar refractivity (Wildman–Crippen MR) is 68.6 cm³/mol. The molecule has 0 fully saturated rings. The van der Waals surface area contributed by atoms with Gasteiger partial charge in [-0.25, -0.2) is 0 Å². The number of methoxy groups -OCH3 is 1. The van der Waals surface area contributed by atoms with Gasteiger partial charge in [-0.3, -0.25) is 14.4 Å². The van der Waals surface area contributed by atoms with E-state index < -0.39 is 23.7 Å². The van der Waals surface area contributed by atoms with Gasteiger partial charge in [0.15, 0.2) is 0 Å². The van der Waals surface area contributed by atoms with Gasteiger partial charge in [0.1, 0.15) is 0 Å². The third-order valence-electron chi connectivity index (χ3n) is 2.12. The number of thiocarbonyl (C=S) groups is 1. The van der Waals surface area contributed by atoms with E-state index in [0.29, 0.717) is 0 Å². The van der Waals surface area contributed by atoms with Crippen molar-refractivity contribution in [3.05, 3.63) is 0 Å². The minimum absolute atomic E-state index is 0.0414. The molecule has 0 aromatic carbocycles. The molecule has 0 spiro atoms. The van der Waals surface area contributed by atoms with E-state index in [-0.39, 0.29) is 18.1 Å². The van der Waals surface area contributed by atoms with Crippen molar-refractivity contribution in [2.75, 3.05) is 27.2 Å². The second-order valence-electron chi connectivity index (χ2n) is 3.76. The molecule has 0 aliphatic carbocycles. The van der Waals surface area contributed by atoms with Crippen molar-refractivity contribution >= 4 is 35.0 Å². The summed E-state index contributed by atoms with van der Waals surface area (Å²) in [4.78, 5) is 35.3. The van der Waals surface area contributed by atoms with E-state index in [1.165, 1.54) is 14.2 Å². The molecule has 0 bridgehead atoms. The van der Waals surface area contributed by atoms with Crippen LogP contribution in [-0.2, 0) is 19.1 Å². The van der Waals surface area contributed by atoms with E-state index in [2.05, 4.69) is 22.3 Å². The Hall–Kier alpha value is -1.70. The van der Waals surface area contributed by atoms with Crippen LogP contribution in [0.1, 0.15) is 6.92 Å². The number of amides is 2. The van der Waals surface area contributed by atoms with Crippen LogP contribution in [0.2, 0.25) is 0 Å². The Balaban J connectivity index is 4.29. The smallest absolute Gasteiger partial charge is 0.311 e. The van der Waals surface area contributed by atoms with E-state index in [4.69, 9.17) is 5.73 Å². The molecule has 0 aromatic rings. The third kappa shape index (κ3) is 5.58. The maximum absolute atomic E-state index is 11.6. The van der Waals surface area contributed by atoms with Gasteiger partial charge in [0, 0.05) is 13.6 Å². The molecule has 1 atom stereocenters. The Morgan fingerprint density at radius 2 is 2.00 bits per heavy atom. The zero-order valence-electron chi connectivity index (χ0n) is 10.6. The number of nitrogens with two attached hydrogens (primary N) is 1. The van der Waals surface area contributed by atoms with Crippen molar-refractivity contribution in [2.24, 2.45) is 11.7 Å². The molecule has 18 heavy (non-hydrogen) atoms. The van der Waals surface area contributed by atoms with Crippen LogP contribution in [0.25, 0.3) is 0 Å². The fourth-order valence-corrected chi connectivity index (χ4v) is 1.26. The Bertz CT molecular complexity index is 359. The van der Waals surface area contributed by atoms with Crippen molar-refractivity contribution in [3.63, 3.8) is 0 Å². The van der Waals surface area contributed by atoms with Crippen LogP contribution in [0.15, 0.2) is 0 Å². The molecule has 0 saturated carbocycles. The number of nitrogens with zero attached hydrogens (tertiary/aromatic N) is 1. The van der Waals surface area contributed by atoms with Gasteiger partial charge in [0.25, 0.3) is 0 Å². The van der Waals surface area contributed by atoms with Crippen LogP contribution < -0.4 is 11.1 Å². The molecular weight excluding hydrogens is 258 g/mol. The standard InChI is InChI=1S/C10H17N3O4S/c1-6(10(16)17-3)5-13(2)9(15)8(14)12-4-7(11)18/h6H,4-5H2,1-3H3,(H2,11,18)(H,12,14). The number of rotatable bonds is 5. The molecule has 7 nitrogen and oxygen atoms in total. The van der Waals surface area contributed by atoms with Crippen LogP contribution in [0, 0.1) is 5.92 Å². The van der Waals surface area contributed by atoms with E-state index in [1.54, 1.807) is 6.92 Å². The predicted octanol–water partition coefficient (Wildman–Crippen LogP) is -1.34. The number of esters is 1. The lowest BCUT2D eigenvalue weighted by atomic mass is 10.2. The van der Waals surface area contributed by atoms with Crippen LogP contribution in [0.4, 0.5) is 0 Å². The first-order chi connectivity index (χ1) is 8.29. The normalized spacial score (nSPS) is 11.3. The Kier molecular flexibility index (Phi) is 6.88. The number of carbonyl (C=O) groups excluding carboxylic acids is 3. The highest BCUT2D eigenvalue weighted by Gasteiger charge is 2.23. The number of nitrogens with one attached hydrogen (secondary N) is 1. The fraction of sp³-hybridized carbons (Fsp3) is 0.600. The van der Waals surface area contributed by atoms with Crippen molar-refractivity contribution in [1.82, 2.24) is 10.2 Å². The molecule has 0 heterocycles. The van der Waals surface area contributed by atoms with Crippen molar-refractivity contribution in [2.45, 2.75) is 6.92 Å². The average molecular weight is 275 g/mol. The van der Waals surface area contributed by atoms with Gasteiger partial charge in [-0.05, 0) is 0 Å². The zero-order valence-corrected chi connectivity index (χ0v) is 11.4. The average Bonchev–Trinajstić information content (AvgIpc) is 2.33. The van der Waals surface area contributed by atoms with Crippen molar-refractivity contribution in [1.29, 1.82) is 0 Å². The first kappa shape index (κ1) is 16.3. The maximum Gasteiger partial charge on any atom is 0.311 e. The van der Waals surface area contributed by atoms with Gasteiger partial charge >= 0.3 is 17.8 Å². The molecule has 2 amide bonds. The number of likely N-dealkylation sites (N-methyl/N-ethyl adjacent to an activating group) is 1. The summed E-state index contributed by atoms with van der Waals surface area (Å²) in [5.41, 5.74) is 5.19. The van der Waals surface area contributed by atoms with Crippen molar-refractivity contribution < 1.29 is 19.1 Å². The van der Waals surface area contributed by atoms with E-state index in [0.717, 1.165) is 4.90 Å². The second kappa shape index (κ2) is 7.59. The lowest BCUT2D eigenvalue weighted by Gasteiger charge is -2.19. The number of hydrogen-bond acceptors (Lipinski definition) is 5. The monoisotopic (exact) mass is 275 g/mol.